The standard InChI is InChI=1S/C18H21NO6S/c1-2-26(22,23)19-15-7-9-16(10-8-15)24-11-12-25-17-6-4-3-5-14(17)13-18(20)21/h3-10,19H,2,11-13H2,1H3,(H,20,21). The minimum Gasteiger partial charge on any atom is -0.490 e. The highest BCUT2D eigenvalue weighted by Crippen LogP contribution is 2.19. The third kappa shape index (κ3) is 6.29. The Morgan fingerprint density at radius 3 is 2.35 bits per heavy atom. The third-order valence-electron chi connectivity index (χ3n) is 3.43. The van der Waals surface area contributed by atoms with Crippen LogP contribution in [0.15, 0.2) is 48.5 Å². The Morgan fingerprint density at radius 2 is 1.69 bits per heavy atom. The summed E-state index contributed by atoms with van der Waals surface area (Å²) >= 11 is 0. The summed E-state index contributed by atoms with van der Waals surface area (Å²) in [6.45, 7) is 2.08. The fourth-order valence-electron chi connectivity index (χ4n) is 2.14. The van der Waals surface area contributed by atoms with Crippen LogP contribution in [0.5, 0.6) is 11.5 Å². The quantitative estimate of drug-likeness (QED) is 0.615. The van der Waals surface area contributed by atoms with E-state index in [0.29, 0.717) is 22.7 Å². The fraction of sp³-hybridized carbons (Fsp3) is 0.278. The van der Waals surface area contributed by atoms with E-state index in [1.54, 1.807) is 55.5 Å². The molecule has 0 radical (unpaired) electrons. The highest BCUT2D eigenvalue weighted by molar-refractivity contribution is 7.92. The molecule has 2 aromatic rings. The Morgan fingerprint density at radius 1 is 1.04 bits per heavy atom. The second kappa shape index (κ2) is 9.10. The Kier molecular flexibility index (Phi) is 6.85. The Balaban J connectivity index is 1.83. The van der Waals surface area contributed by atoms with Gasteiger partial charge in [0.2, 0.25) is 10.0 Å². The molecule has 0 aliphatic heterocycles. The monoisotopic (exact) mass is 379 g/mol. The average Bonchev–Trinajstić information content (AvgIpc) is 2.61. The minimum absolute atomic E-state index is 0.00590. The van der Waals surface area contributed by atoms with Crippen molar-refractivity contribution in [3.8, 4) is 11.5 Å². The molecule has 140 valence electrons. The van der Waals surface area contributed by atoms with E-state index in [0.717, 1.165) is 0 Å². The smallest absolute Gasteiger partial charge is 0.307 e. The number of carbonyl (C=O) groups is 1. The molecule has 0 spiro atoms. The number of carboxylic acid groups (broad SMARTS) is 1. The van der Waals surface area contributed by atoms with Crippen LogP contribution in [-0.4, -0.2) is 38.5 Å². The largest absolute Gasteiger partial charge is 0.490 e. The lowest BCUT2D eigenvalue weighted by molar-refractivity contribution is -0.136. The number of rotatable bonds is 10. The van der Waals surface area contributed by atoms with Crippen molar-refractivity contribution >= 4 is 21.7 Å². The van der Waals surface area contributed by atoms with Gasteiger partial charge in [0.15, 0.2) is 0 Å². The first-order chi connectivity index (χ1) is 12.4. The summed E-state index contributed by atoms with van der Waals surface area (Å²) in [4.78, 5) is 10.8. The molecule has 0 amide bonds. The Hall–Kier alpha value is -2.74. The van der Waals surface area contributed by atoms with Gasteiger partial charge in [-0.25, -0.2) is 8.42 Å². The molecule has 26 heavy (non-hydrogen) atoms. The molecular formula is C18H21NO6S. The first kappa shape index (κ1) is 19.6. The van der Waals surface area contributed by atoms with Crippen LogP contribution in [0.3, 0.4) is 0 Å². The lowest BCUT2D eigenvalue weighted by Crippen LogP contribution is -2.14. The first-order valence-corrected chi connectivity index (χ1v) is 9.70. The van der Waals surface area contributed by atoms with E-state index in [4.69, 9.17) is 14.6 Å². The number of aliphatic carboxylic acids is 1. The number of sulfonamides is 1. The van der Waals surface area contributed by atoms with E-state index < -0.39 is 16.0 Å². The summed E-state index contributed by atoms with van der Waals surface area (Å²) in [6.07, 6.45) is -0.105. The molecular weight excluding hydrogens is 358 g/mol. The van der Waals surface area contributed by atoms with Crippen LogP contribution in [0.2, 0.25) is 0 Å². The van der Waals surface area contributed by atoms with E-state index >= 15 is 0 Å². The second-order valence-electron chi connectivity index (χ2n) is 5.41. The molecule has 2 rings (SSSR count). The third-order valence-corrected chi connectivity index (χ3v) is 4.74. The molecule has 2 aromatic carbocycles. The van der Waals surface area contributed by atoms with Crippen LogP contribution >= 0.6 is 0 Å². The number of hydrogen-bond donors (Lipinski definition) is 2. The molecule has 0 fully saturated rings. The van der Waals surface area contributed by atoms with Crippen LogP contribution in [0.1, 0.15) is 12.5 Å². The van der Waals surface area contributed by atoms with Crippen LogP contribution in [0, 0.1) is 0 Å². The Bertz CT molecular complexity index is 833. The van der Waals surface area contributed by atoms with Gasteiger partial charge in [0.25, 0.3) is 0 Å². The summed E-state index contributed by atoms with van der Waals surface area (Å²) in [5.74, 6) is 0.178. The maximum Gasteiger partial charge on any atom is 0.307 e. The van der Waals surface area contributed by atoms with Crippen molar-refractivity contribution in [2.75, 3.05) is 23.7 Å². The summed E-state index contributed by atoms with van der Waals surface area (Å²) in [6, 6.07) is 13.5. The number of para-hydroxylation sites is 1. The molecule has 8 heteroatoms. The van der Waals surface area contributed by atoms with Gasteiger partial charge in [0.1, 0.15) is 24.7 Å². The minimum atomic E-state index is -3.30. The summed E-state index contributed by atoms with van der Waals surface area (Å²) in [5.41, 5.74) is 1.07. The predicted molar refractivity (Wildman–Crippen MR) is 98.3 cm³/mol. The molecule has 0 aromatic heterocycles. The zero-order valence-corrected chi connectivity index (χ0v) is 15.2. The van der Waals surface area contributed by atoms with Crippen LogP contribution < -0.4 is 14.2 Å². The summed E-state index contributed by atoms with van der Waals surface area (Å²) in [7, 11) is -3.30. The van der Waals surface area contributed by atoms with E-state index in [1.165, 1.54) is 0 Å². The lowest BCUT2D eigenvalue weighted by Gasteiger charge is -2.12. The highest BCUT2D eigenvalue weighted by atomic mass is 32.2. The molecule has 2 N–H and O–H groups in total. The molecule has 7 nitrogen and oxygen atoms in total. The van der Waals surface area contributed by atoms with Crippen LogP contribution in [0.25, 0.3) is 0 Å². The number of ether oxygens (including phenoxy) is 2. The number of carboxylic acids is 1. The molecule has 0 atom stereocenters. The summed E-state index contributed by atoms with van der Waals surface area (Å²) < 4.78 is 36.6. The van der Waals surface area contributed by atoms with Gasteiger partial charge in [-0.15, -0.1) is 0 Å². The zero-order valence-electron chi connectivity index (χ0n) is 14.3. The first-order valence-electron chi connectivity index (χ1n) is 8.05. The molecule has 0 saturated carbocycles. The summed E-state index contributed by atoms with van der Waals surface area (Å²) in [5, 5.41) is 8.90. The van der Waals surface area contributed by atoms with Gasteiger partial charge < -0.3 is 14.6 Å². The maximum absolute atomic E-state index is 11.5. The van der Waals surface area contributed by atoms with E-state index in [9.17, 15) is 13.2 Å². The van der Waals surface area contributed by atoms with Gasteiger partial charge in [-0.05, 0) is 37.3 Å². The lowest BCUT2D eigenvalue weighted by atomic mass is 10.1. The molecule has 0 unspecified atom stereocenters. The fourth-order valence-corrected chi connectivity index (χ4v) is 2.78. The SMILES string of the molecule is CCS(=O)(=O)Nc1ccc(OCCOc2ccccc2CC(=O)O)cc1. The molecule has 0 saturated heterocycles. The maximum atomic E-state index is 11.5. The number of benzene rings is 2. The molecule has 0 aliphatic carbocycles. The predicted octanol–water partition coefficient (Wildman–Crippen LogP) is 2.53. The topological polar surface area (TPSA) is 102 Å². The molecule has 0 heterocycles. The second-order valence-corrected chi connectivity index (χ2v) is 7.42. The number of nitrogens with one attached hydrogen (secondary N) is 1. The van der Waals surface area contributed by atoms with Gasteiger partial charge in [-0.1, -0.05) is 18.2 Å². The van der Waals surface area contributed by atoms with Gasteiger partial charge in [-0.2, -0.15) is 0 Å². The average molecular weight is 379 g/mol. The van der Waals surface area contributed by atoms with Crippen molar-refractivity contribution in [3.63, 3.8) is 0 Å². The molecule has 0 bridgehead atoms. The van der Waals surface area contributed by atoms with Crippen molar-refractivity contribution in [2.24, 2.45) is 0 Å². The van der Waals surface area contributed by atoms with Gasteiger partial charge in [-0.3, -0.25) is 9.52 Å². The van der Waals surface area contributed by atoms with Crippen molar-refractivity contribution in [1.29, 1.82) is 0 Å². The normalized spacial score (nSPS) is 11.0. The van der Waals surface area contributed by atoms with E-state index in [-0.39, 0.29) is 25.4 Å². The zero-order chi connectivity index (χ0) is 19.0. The van der Waals surface area contributed by atoms with Crippen molar-refractivity contribution in [1.82, 2.24) is 0 Å². The molecule has 0 aliphatic rings. The highest BCUT2D eigenvalue weighted by Gasteiger charge is 2.08. The van der Waals surface area contributed by atoms with Gasteiger partial charge in [0, 0.05) is 11.3 Å². The van der Waals surface area contributed by atoms with E-state index in [2.05, 4.69) is 4.72 Å². The number of anilines is 1. The van der Waals surface area contributed by atoms with Crippen molar-refractivity contribution < 1.29 is 27.8 Å². The number of hydrogen-bond acceptors (Lipinski definition) is 5. The van der Waals surface area contributed by atoms with Gasteiger partial charge >= 0.3 is 5.97 Å². The van der Waals surface area contributed by atoms with E-state index in [1.807, 2.05) is 0 Å². The van der Waals surface area contributed by atoms with Crippen molar-refractivity contribution in [2.45, 2.75) is 13.3 Å². The van der Waals surface area contributed by atoms with Crippen molar-refractivity contribution in [3.05, 3.63) is 54.1 Å². The van der Waals surface area contributed by atoms with Crippen LogP contribution in [0.4, 0.5) is 5.69 Å². The van der Waals surface area contributed by atoms with Gasteiger partial charge in [0.05, 0.1) is 12.2 Å². The Labute approximate surface area is 152 Å². The van der Waals surface area contributed by atoms with Crippen LogP contribution in [-0.2, 0) is 21.2 Å².